The predicted octanol–water partition coefficient (Wildman–Crippen LogP) is 3.12. The number of nitrogens with one attached hydrogen (secondary N) is 1. The molecule has 0 saturated carbocycles. The van der Waals surface area contributed by atoms with Gasteiger partial charge in [0.05, 0.1) is 11.7 Å². The molecule has 4 nitrogen and oxygen atoms in total. The second-order valence-corrected chi connectivity index (χ2v) is 6.72. The SMILES string of the molecule is CCCn1c(C(C)(C)C2CCCNC2)nc2cnccc21. The van der Waals surface area contributed by atoms with Crippen molar-refractivity contribution in [2.75, 3.05) is 13.1 Å². The average Bonchev–Trinajstić information content (AvgIpc) is 2.88. The van der Waals surface area contributed by atoms with Gasteiger partial charge in [-0.05, 0) is 44.3 Å². The van der Waals surface area contributed by atoms with Crippen LogP contribution in [0.25, 0.3) is 11.0 Å². The van der Waals surface area contributed by atoms with Gasteiger partial charge >= 0.3 is 0 Å². The zero-order valence-corrected chi connectivity index (χ0v) is 13.4. The molecule has 1 fully saturated rings. The van der Waals surface area contributed by atoms with Crippen LogP contribution in [0, 0.1) is 5.92 Å². The first-order valence-corrected chi connectivity index (χ1v) is 8.16. The Labute approximate surface area is 127 Å². The molecule has 1 N–H and O–H groups in total. The van der Waals surface area contributed by atoms with Crippen molar-refractivity contribution in [2.24, 2.45) is 5.92 Å². The van der Waals surface area contributed by atoms with E-state index in [-0.39, 0.29) is 5.41 Å². The molecule has 1 aliphatic heterocycles. The van der Waals surface area contributed by atoms with E-state index in [1.165, 1.54) is 24.2 Å². The lowest BCUT2D eigenvalue weighted by molar-refractivity contribution is 0.236. The zero-order chi connectivity index (χ0) is 14.9. The summed E-state index contributed by atoms with van der Waals surface area (Å²) in [6.45, 7) is 10.2. The highest BCUT2D eigenvalue weighted by Gasteiger charge is 2.36. The smallest absolute Gasteiger partial charge is 0.115 e. The van der Waals surface area contributed by atoms with Gasteiger partial charge in [-0.2, -0.15) is 0 Å². The number of hydrogen-bond acceptors (Lipinski definition) is 3. The molecule has 1 atom stereocenters. The molecular formula is C17H26N4. The largest absolute Gasteiger partial charge is 0.327 e. The lowest BCUT2D eigenvalue weighted by Gasteiger charge is -2.37. The molecule has 2 aromatic heterocycles. The number of aryl methyl sites for hydroxylation is 1. The summed E-state index contributed by atoms with van der Waals surface area (Å²) in [5.41, 5.74) is 2.33. The van der Waals surface area contributed by atoms with Crippen molar-refractivity contribution in [3.8, 4) is 0 Å². The second-order valence-electron chi connectivity index (χ2n) is 6.72. The van der Waals surface area contributed by atoms with Crippen LogP contribution in [0.5, 0.6) is 0 Å². The summed E-state index contributed by atoms with van der Waals surface area (Å²) in [4.78, 5) is 9.18. The van der Waals surface area contributed by atoms with Gasteiger partial charge in [0.25, 0.3) is 0 Å². The summed E-state index contributed by atoms with van der Waals surface area (Å²) in [6.07, 6.45) is 7.44. The van der Waals surface area contributed by atoms with Gasteiger partial charge in [0.2, 0.25) is 0 Å². The van der Waals surface area contributed by atoms with Crippen LogP contribution in [0.15, 0.2) is 18.5 Å². The fraction of sp³-hybridized carbons (Fsp3) is 0.647. The van der Waals surface area contributed by atoms with Crippen LogP contribution in [-0.4, -0.2) is 27.6 Å². The highest BCUT2D eigenvalue weighted by Crippen LogP contribution is 2.36. The van der Waals surface area contributed by atoms with Crippen molar-refractivity contribution in [1.82, 2.24) is 19.9 Å². The molecular weight excluding hydrogens is 260 g/mol. The fourth-order valence-corrected chi connectivity index (χ4v) is 3.57. The van der Waals surface area contributed by atoms with Crippen LogP contribution in [0.3, 0.4) is 0 Å². The fourth-order valence-electron chi connectivity index (χ4n) is 3.57. The van der Waals surface area contributed by atoms with Crippen LogP contribution in [-0.2, 0) is 12.0 Å². The number of rotatable bonds is 4. The van der Waals surface area contributed by atoms with Gasteiger partial charge in [-0.25, -0.2) is 4.98 Å². The molecule has 0 radical (unpaired) electrons. The Balaban J connectivity index is 2.07. The van der Waals surface area contributed by atoms with Gasteiger partial charge in [-0.3, -0.25) is 4.98 Å². The van der Waals surface area contributed by atoms with E-state index in [0.29, 0.717) is 5.92 Å². The van der Waals surface area contributed by atoms with Gasteiger partial charge in [-0.15, -0.1) is 0 Å². The summed E-state index contributed by atoms with van der Waals surface area (Å²) >= 11 is 0. The summed E-state index contributed by atoms with van der Waals surface area (Å²) < 4.78 is 2.41. The van der Waals surface area contributed by atoms with Crippen molar-refractivity contribution in [3.05, 3.63) is 24.3 Å². The molecule has 0 amide bonds. The molecule has 21 heavy (non-hydrogen) atoms. The van der Waals surface area contributed by atoms with Gasteiger partial charge in [-0.1, -0.05) is 20.8 Å². The average molecular weight is 286 g/mol. The monoisotopic (exact) mass is 286 g/mol. The Morgan fingerprint density at radius 3 is 3.00 bits per heavy atom. The summed E-state index contributed by atoms with van der Waals surface area (Å²) in [7, 11) is 0. The van der Waals surface area contributed by atoms with E-state index < -0.39 is 0 Å². The van der Waals surface area contributed by atoms with E-state index in [4.69, 9.17) is 4.98 Å². The third kappa shape index (κ3) is 2.57. The number of fused-ring (bicyclic) bond motifs is 1. The van der Waals surface area contributed by atoms with E-state index in [1.807, 2.05) is 12.4 Å². The number of imidazole rings is 1. The van der Waals surface area contributed by atoms with E-state index in [1.54, 1.807) is 0 Å². The minimum atomic E-state index is 0.0849. The maximum atomic E-state index is 4.95. The standard InChI is InChI=1S/C17H26N4/c1-4-10-21-15-7-9-19-12-14(15)20-16(21)17(2,3)13-6-5-8-18-11-13/h7,9,12-13,18H,4-6,8,10-11H2,1-3H3. The zero-order valence-electron chi connectivity index (χ0n) is 13.4. The summed E-state index contributed by atoms with van der Waals surface area (Å²) in [5, 5.41) is 3.55. The lowest BCUT2D eigenvalue weighted by Crippen LogP contribution is -2.42. The van der Waals surface area contributed by atoms with Crippen LogP contribution in [0.4, 0.5) is 0 Å². The Morgan fingerprint density at radius 1 is 1.43 bits per heavy atom. The van der Waals surface area contributed by atoms with E-state index >= 15 is 0 Å². The van der Waals surface area contributed by atoms with Crippen LogP contribution >= 0.6 is 0 Å². The van der Waals surface area contributed by atoms with Gasteiger partial charge in [0.1, 0.15) is 11.3 Å². The van der Waals surface area contributed by atoms with Crippen molar-refractivity contribution in [1.29, 1.82) is 0 Å². The first-order chi connectivity index (χ1) is 10.1. The lowest BCUT2D eigenvalue weighted by atomic mass is 9.74. The molecule has 1 aliphatic rings. The highest BCUT2D eigenvalue weighted by atomic mass is 15.1. The van der Waals surface area contributed by atoms with E-state index in [0.717, 1.165) is 31.6 Å². The number of hydrogen-bond donors (Lipinski definition) is 1. The third-order valence-electron chi connectivity index (χ3n) is 4.89. The molecule has 2 aromatic rings. The maximum Gasteiger partial charge on any atom is 0.115 e. The van der Waals surface area contributed by atoms with Crippen molar-refractivity contribution >= 4 is 11.0 Å². The molecule has 114 valence electrons. The Hall–Kier alpha value is -1.42. The molecule has 1 unspecified atom stereocenters. The van der Waals surface area contributed by atoms with Gasteiger partial charge in [0, 0.05) is 18.2 Å². The predicted molar refractivity (Wildman–Crippen MR) is 86.4 cm³/mol. The summed E-state index contributed by atoms with van der Waals surface area (Å²) in [6, 6.07) is 2.09. The molecule has 4 heteroatoms. The highest BCUT2D eigenvalue weighted by molar-refractivity contribution is 5.75. The normalized spacial score (nSPS) is 20.0. The maximum absolute atomic E-state index is 4.95. The molecule has 0 spiro atoms. The third-order valence-corrected chi connectivity index (χ3v) is 4.89. The number of nitrogens with zero attached hydrogens (tertiary/aromatic N) is 3. The first-order valence-electron chi connectivity index (χ1n) is 8.16. The second kappa shape index (κ2) is 5.76. The quantitative estimate of drug-likeness (QED) is 0.939. The number of piperidine rings is 1. The van der Waals surface area contributed by atoms with Crippen molar-refractivity contribution in [2.45, 2.75) is 52.0 Å². The van der Waals surface area contributed by atoms with Gasteiger partial charge < -0.3 is 9.88 Å². The number of pyridine rings is 1. The van der Waals surface area contributed by atoms with E-state index in [9.17, 15) is 0 Å². The Kier molecular flexibility index (Phi) is 3.98. The molecule has 0 aliphatic carbocycles. The van der Waals surface area contributed by atoms with Crippen molar-refractivity contribution in [3.63, 3.8) is 0 Å². The van der Waals surface area contributed by atoms with E-state index in [2.05, 4.69) is 41.7 Å². The first kappa shape index (κ1) is 14.5. The molecule has 1 saturated heterocycles. The Bertz CT molecular complexity index is 608. The summed E-state index contributed by atoms with van der Waals surface area (Å²) in [5.74, 6) is 1.87. The molecule has 0 bridgehead atoms. The van der Waals surface area contributed by atoms with Crippen LogP contribution in [0.2, 0.25) is 0 Å². The topological polar surface area (TPSA) is 42.7 Å². The van der Waals surface area contributed by atoms with Gasteiger partial charge in [0.15, 0.2) is 0 Å². The minimum absolute atomic E-state index is 0.0849. The molecule has 3 heterocycles. The molecule has 3 rings (SSSR count). The molecule has 0 aromatic carbocycles. The number of aromatic nitrogens is 3. The minimum Gasteiger partial charge on any atom is -0.327 e. The van der Waals surface area contributed by atoms with Crippen molar-refractivity contribution < 1.29 is 0 Å². The van der Waals surface area contributed by atoms with Crippen LogP contribution < -0.4 is 5.32 Å². The Morgan fingerprint density at radius 2 is 2.29 bits per heavy atom. The van der Waals surface area contributed by atoms with Crippen LogP contribution in [0.1, 0.15) is 45.9 Å².